The van der Waals surface area contributed by atoms with Crippen LogP contribution in [0.1, 0.15) is 11.1 Å². The minimum Gasteiger partial charge on any atom is -0.361 e. The zero-order chi connectivity index (χ0) is 17.6. The lowest BCUT2D eigenvalue weighted by Crippen LogP contribution is -2.37. The van der Waals surface area contributed by atoms with Crippen molar-refractivity contribution in [3.05, 3.63) is 71.7 Å². The zero-order valence-corrected chi connectivity index (χ0v) is 14.6. The van der Waals surface area contributed by atoms with Gasteiger partial charge in [-0.25, -0.2) is 9.38 Å². The van der Waals surface area contributed by atoms with Crippen molar-refractivity contribution in [2.45, 2.75) is 13.0 Å². The van der Waals surface area contributed by atoms with Gasteiger partial charge in [0, 0.05) is 37.7 Å². The van der Waals surface area contributed by atoms with Gasteiger partial charge in [-0.1, -0.05) is 30.3 Å². The predicted molar refractivity (Wildman–Crippen MR) is 101 cm³/mol. The van der Waals surface area contributed by atoms with Gasteiger partial charge in [-0.3, -0.25) is 0 Å². The second-order valence-corrected chi connectivity index (χ2v) is 6.20. The van der Waals surface area contributed by atoms with E-state index in [2.05, 4.69) is 27.4 Å². The Morgan fingerprint density at radius 2 is 1.96 bits per heavy atom. The van der Waals surface area contributed by atoms with Gasteiger partial charge in [-0.05, 0) is 35.7 Å². The standard InChI is InChI=1S/C20H23FN4/c1-25(2)20(24-13-15-6-4-3-5-7-15)22-11-10-16-14-23-19-9-8-17(21)12-18(16)19/h3-9,12,14,23H,10-11,13H2,1-2H3,(H,22,24). The Bertz CT molecular complexity index is 853. The molecule has 0 aliphatic heterocycles. The van der Waals surface area contributed by atoms with Crippen molar-refractivity contribution in [3.63, 3.8) is 0 Å². The molecule has 0 bridgehead atoms. The highest BCUT2D eigenvalue weighted by Crippen LogP contribution is 2.19. The van der Waals surface area contributed by atoms with Gasteiger partial charge in [-0.15, -0.1) is 0 Å². The van der Waals surface area contributed by atoms with Crippen LogP contribution < -0.4 is 5.32 Å². The number of hydrogen-bond donors (Lipinski definition) is 2. The second kappa shape index (κ2) is 7.83. The number of benzene rings is 2. The highest BCUT2D eigenvalue weighted by molar-refractivity contribution is 5.83. The summed E-state index contributed by atoms with van der Waals surface area (Å²) in [6.07, 6.45) is 2.74. The van der Waals surface area contributed by atoms with Gasteiger partial charge in [0.05, 0.1) is 6.54 Å². The first-order valence-electron chi connectivity index (χ1n) is 8.38. The van der Waals surface area contributed by atoms with Crippen LogP contribution in [-0.2, 0) is 13.0 Å². The normalized spacial score (nSPS) is 11.7. The predicted octanol–water partition coefficient (Wildman–Crippen LogP) is 3.56. The monoisotopic (exact) mass is 338 g/mol. The molecule has 25 heavy (non-hydrogen) atoms. The quantitative estimate of drug-likeness (QED) is 0.552. The van der Waals surface area contributed by atoms with Crippen LogP contribution in [-0.4, -0.2) is 36.5 Å². The van der Waals surface area contributed by atoms with Gasteiger partial charge >= 0.3 is 0 Å². The lowest BCUT2D eigenvalue weighted by Gasteiger charge is -2.17. The molecule has 0 fully saturated rings. The van der Waals surface area contributed by atoms with Crippen molar-refractivity contribution in [1.29, 1.82) is 0 Å². The van der Waals surface area contributed by atoms with Crippen LogP contribution in [0.3, 0.4) is 0 Å². The topological polar surface area (TPSA) is 43.4 Å². The molecule has 2 aromatic carbocycles. The summed E-state index contributed by atoms with van der Waals surface area (Å²) in [4.78, 5) is 9.81. The molecule has 1 aromatic heterocycles. The van der Waals surface area contributed by atoms with Crippen molar-refractivity contribution in [1.82, 2.24) is 15.2 Å². The minimum absolute atomic E-state index is 0.209. The number of nitrogens with one attached hydrogen (secondary N) is 2. The van der Waals surface area contributed by atoms with Crippen LogP contribution in [0.4, 0.5) is 4.39 Å². The van der Waals surface area contributed by atoms with Crippen molar-refractivity contribution in [2.24, 2.45) is 4.99 Å². The van der Waals surface area contributed by atoms with E-state index >= 15 is 0 Å². The second-order valence-electron chi connectivity index (χ2n) is 6.20. The molecule has 3 rings (SSSR count). The zero-order valence-electron chi connectivity index (χ0n) is 14.6. The van der Waals surface area contributed by atoms with Gasteiger partial charge in [0.1, 0.15) is 5.82 Å². The van der Waals surface area contributed by atoms with E-state index in [4.69, 9.17) is 0 Å². The first-order valence-corrected chi connectivity index (χ1v) is 8.38. The maximum Gasteiger partial charge on any atom is 0.193 e. The van der Waals surface area contributed by atoms with Gasteiger partial charge in [-0.2, -0.15) is 0 Å². The fourth-order valence-corrected chi connectivity index (χ4v) is 2.77. The third-order valence-electron chi connectivity index (χ3n) is 4.08. The first kappa shape index (κ1) is 17.0. The molecule has 130 valence electrons. The molecule has 5 heteroatoms. The summed E-state index contributed by atoms with van der Waals surface area (Å²) in [5, 5.41) is 4.31. The van der Waals surface area contributed by atoms with E-state index in [1.54, 1.807) is 12.1 Å². The summed E-state index contributed by atoms with van der Waals surface area (Å²) < 4.78 is 13.5. The molecule has 0 saturated heterocycles. The Morgan fingerprint density at radius 1 is 1.16 bits per heavy atom. The molecule has 0 spiro atoms. The molecular formula is C20H23FN4. The molecule has 4 nitrogen and oxygen atoms in total. The van der Waals surface area contributed by atoms with Crippen molar-refractivity contribution >= 4 is 16.9 Å². The van der Waals surface area contributed by atoms with Crippen LogP contribution in [0.5, 0.6) is 0 Å². The average molecular weight is 338 g/mol. The van der Waals surface area contributed by atoms with E-state index in [1.165, 1.54) is 11.6 Å². The molecule has 0 unspecified atom stereocenters. The number of rotatable bonds is 5. The smallest absolute Gasteiger partial charge is 0.193 e. The Kier molecular flexibility index (Phi) is 5.33. The highest BCUT2D eigenvalue weighted by atomic mass is 19.1. The molecule has 0 saturated carbocycles. The maximum absolute atomic E-state index is 13.5. The molecule has 0 aliphatic rings. The Balaban J connectivity index is 1.62. The Hall–Kier alpha value is -2.82. The number of aliphatic imine (C=N–C) groups is 1. The SMILES string of the molecule is CN(C)C(=NCc1ccccc1)NCCc1c[nH]c2ccc(F)cc12. The van der Waals surface area contributed by atoms with Crippen molar-refractivity contribution < 1.29 is 4.39 Å². The lowest BCUT2D eigenvalue weighted by molar-refractivity contribution is 0.579. The fourth-order valence-electron chi connectivity index (χ4n) is 2.77. The summed E-state index contributed by atoms with van der Waals surface area (Å²) in [6.45, 7) is 1.37. The minimum atomic E-state index is -0.209. The molecule has 1 heterocycles. The third-order valence-corrected chi connectivity index (χ3v) is 4.08. The first-order chi connectivity index (χ1) is 12.1. The van der Waals surface area contributed by atoms with Gasteiger partial charge < -0.3 is 15.2 Å². The van der Waals surface area contributed by atoms with Gasteiger partial charge in [0.2, 0.25) is 0 Å². The summed E-state index contributed by atoms with van der Waals surface area (Å²) in [5.41, 5.74) is 3.24. The fraction of sp³-hybridized carbons (Fsp3) is 0.250. The van der Waals surface area contributed by atoms with E-state index in [9.17, 15) is 4.39 Å². The van der Waals surface area contributed by atoms with E-state index in [1.807, 2.05) is 43.4 Å². The number of aromatic nitrogens is 1. The number of H-pyrrole nitrogens is 1. The van der Waals surface area contributed by atoms with Crippen LogP contribution in [0.2, 0.25) is 0 Å². The lowest BCUT2D eigenvalue weighted by atomic mass is 10.1. The number of guanidine groups is 1. The third kappa shape index (κ3) is 4.38. The summed E-state index contributed by atoms with van der Waals surface area (Å²) in [7, 11) is 3.94. The largest absolute Gasteiger partial charge is 0.361 e. The van der Waals surface area contributed by atoms with Crippen molar-refractivity contribution in [3.8, 4) is 0 Å². The van der Waals surface area contributed by atoms with E-state index in [0.29, 0.717) is 6.54 Å². The van der Waals surface area contributed by atoms with E-state index in [0.717, 1.165) is 35.4 Å². The summed E-state index contributed by atoms with van der Waals surface area (Å²) in [5.74, 6) is 0.634. The van der Waals surface area contributed by atoms with Crippen LogP contribution in [0.15, 0.2) is 59.7 Å². The highest BCUT2D eigenvalue weighted by Gasteiger charge is 2.06. The van der Waals surface area contributed by atoms with Gasteiger partial charge in [0.25, 0.3) is 0 Å². The Labute approximate surface area is 147 Å². The van der Waals surface area contributed by atoms with Gasteiger partial charge in [0.15, 0.2) is 5.96 Å². The van der Waals surface area contributed by atoms with Crippen LogP contribution in [0, 0.1) is 5.82 Å². The number of nitrogens with zero attached hydrogens (tertiary/aromatic N) is 2. The average Bonchev–Trinajstić information content (AvgIpc) is 3.00. The molecule has 3 aromatic rings. The number of halogens is 1. The number of hydrogen-bond acceptors (Lipinski definition) is 1. The van der Waals surface area contributed by atoms with E-state index < -0.39 is 0 Å². The molecule has 0 aliphatic carbocycles. The molecular weight excluding hydrogens is 315 g/mol. The summed E-state index contributed by atoms with van der Waals surface area (Å²) in [6, 6.07) is 15.0. The number of fused-ring (bicyclic) bond motifs is 1. The number of aromatic amines is 1. The molecule has 2 N–H and O–H groups in total. The Morgan fingerprint density at radius 3 is 2.72 bits per heavy atom. The molecule has 0 radical (unpaired) electrons. The van der Waals surface area contributed by atoms with E-state index in [-0.39, 0.29) is 5.82 Å². The van der Waals surface area contributed by atoms with Crippen LogP contribution in [0.25, 0.3) is 10.9 Å². The van der Waals surface area contributed by atoms with Crippen LogP contribution >= 0.6 is 0 Å². The molecule has 0 atom stereocenters. The molecule has 0 amide bonds. The maximum atomic E-state index is 13.5. The van der Waals surface area contributed by atoms with Crippen molar-refractivity contribution in [2.75, 3.05) is 20.6 Å². The summed E-state index contributed by atoms with van der Waals surface area (Å²) >= 11 is 0.